The average Bonchev–Trinajstić information content (AvgIpc) is 3.19. The lowest BCUT2D eigenvalue weighted by atomic mass is 9.97. The van der Waals surface area contributed by atoms with Gasteiger partial charge in [0.2, 0.25) is 0 Å². The minimum Gasteiger partial charge on any atom is -0.492 e. The van der Waals surface area contributed by atoms with Crippen molar-refractivity contribution in [2.24, 2.45) is 15.2 Å². The third kappa shape index (κ3) is 5.51. The van der Waals surface area contributed by atoms with Crippen molar-refractivity contribution in [2.45, 2.75) is 76.1 Å². The summed E-state index contributed by atoms with van der Waals surface area (Å²) >= 11 is 1.44. The predicted molar refractivity (Wildman–Crippen MR) is 136 cm³/mol. The van der Waals surface area contributed by atoms with Crippen LogP contribution >= 0.6 is 11.8 Å². The van der Waals surface area contributed by atoms with E-state index in [0.717, 1.165) is 23.4 Å². The standard InChI is InChI=1S/C25H34N4O4S/c1-7-10-19-20-21(28-27-19)22(30)29(25(6,8-2)26-20)15-16-33-17-11-13-18(14-12-17)34-24(4,5)23(31)32-9-3/h11-14H,7-10,15-16H2,1-6H3. The normalized spacial score (nSPS) is 19.9. The number of aliphatic imine (C=N–C) groups is 1. The molecule has 2 aliphatic rings. The molecule has 2 heterocycles. The van der Waals surface area contributed by atoms with Crippen LogP contribution in [0.5, 0.6) is 5.75 Å². The second-order valence-corrected chi connectivity index (χ2v) is 10.6. The molecule has 1 aromatic rings. The van der Waals surface area contributed by atoms with Gasteiger partial charge >= 0.3 is 5.97 Å². The van der Waals surface area contributed by atoms with Crippen LogP contribution in [0, 0.1) is 0 Å². The molecule has 0 spiro atoms. The van der Waals surface area contributed by atoms with E-state index in [9.17, 15) is 9.59 Å². The summed E-state index contributed by atoms with van der Waals surface area (Å²) in [5, 5.41) is 8.33. The van der Waals surface area contributed by atoms with Gasteiger partial charge in [0.1, 0.15) is 28.5 Å². The van der Waals surface area contributed by atoms with Gasteiger partial charge in [-0.15, -0.1) is 16.9 Å². The van der Waals surface area contributed by atoms with E-state index in [1.807, 2.05) is 52.0 Å². The third-order valence-electron chi connectivity index (χ3n) is 5.85. The Morgan fingerprint density at radius 1 is 1.12 bits per heavy atom. The molecule has 3 rings (SSSR count). The maximum absolute atomic E-state index is 13.2. The monoisotopic (exact) mass is 486 g/mol. The van der Waals surface area contributed by atoms with E-state index >= 15 is 0 Å². The van der Waals surface area contributed by atoms with Crippen molar-refractivity contribution >= 4 is 40.8 Å². The Bertz CT molecular complexity index is 1020. The smallest absolute Gasteiger partial charge is 0.321 e. The number of ether oxygens (including phenoxy) is 2. The van der Waals surface area contributed by atoms with Gasteiger partial charge in [0, 0.05) is 4.90 Å². The van der Waals surface area contributed by atoms with Crippen LogP contribution in [-0.4, -0.2) is 64.1 Å². The number of carbonyl (C=O) groups is 2. The summed E-state index contributed by atoms with van der Waals surface area (Å²) in [6, 6.07) is 7.56. The topological polar surface area (TPSA) is 92.9 Å². The van der Waals surface area contributed by atoms with Crippen LogP contribution in [0.1, 0.15) is 60.8 Å². The Morgan fingerprint density at radius 2 is 1.82 bits per heavy atom. The average molecular weight is 487 g/mol. The molecule has 0 radical (unpaired) electrons. The van der Waals surface area contributed by atoms with E-state index < -0.39 is 10.4 Å². The minimum atomic E-state index is -0.680. The SMILES string of the molecule is CCCC1=NN=C2C(=O)N(CCOc3ccc(SC(C)(C)C(=O)OCC)cc3)C(C)(CC)N=C12. The molecule has 1 amide bonds. The lowest BCUT2D eigenvalue weighted by Gasteiger charge is -2.41. The fraction of sp³-hybridized carbons (Fsp3) is 0.560. The van der Waals surface area contributed by atoms with Gasteiger partial charge in [-0.05, 0) is 64.8 Å². The van der Waals surface area contributed by atoms with Crippen LogP contribution in [0.4, 0.5) is 0 Å². The van der Waals surface area contributed by atoms with Crippen molar-refractivity contribution in [3.63, 3.8) is 0 Å². The zero-order valence-electron chi connectivity index (χ0n) is 20.9. The molecule has 0 aromatic heterocycles. The van der Waals surface area contributed by atoms with Gasteiger partial charge < -0.3 is 14.4 Å². The molecule has 8 nitrogen and oxygen atoms in total. The Balaban J connectivity index is 1.61. The van der Waals surface area contributed by atoms with Crippen LogP contribution < -0.4 is 4.74 Å². The Hall–Kier alpha value is -2.68. The maximum Gasteiger partial charge on any atom is 0.321 e. The molecule has 0 saturated carbocycles. The first-order chi connectivity index (χ1) is 16.1. The fourth-order valence-electron chi connectivity index (χ4n) is 3.77. The largest absolute Gasteiger partial charge is 0.492 e. The summed E-state index contributed by atoms with van der Waals surface area (Å²) in [6.07, 6.45) is 2.36. The van der Waals surface area contributed by atoms with Gasteiger partial charge in [-0.25, -0.2) is 0 Å². The van der Waals surface area contributed by atoms with Crippen molar-refractivity contribution in [1.29, 1.82) is 0 Å². The number of thioether (sulfide) groups is 1. The third-order valence-corrected chi connectivity index (χ3v) is 7.04. The lowest BCUT2D eigenvalue weighted by molar-refractivity contribution is -0.145. The van der Waals surface area contributed by atoms with Crippen LogP contribution in [0.15, 0.2) is 44.4 Å². The molecular weight excluding hydrogens is 452 g/mol. The summed E-state index contributed by atoms with van der Waals surface area (Å²) in [7, 11) is 0. The van der Waals surface area contributed by atoms with E-state index in [0.29, 0.717) is 43.4 Å². The molecule has 2 aliphatic heterocycles. The molecule has 0 N–H and O–H groups in total. The molecular formula is C25H34N4O4S. The van der Waals surface area contributed by atoms with E-state index in [4.69, 9.17) is 14.5 Å². The fourth-order valence-corrected chi connectivity index (χ4v) is 4.77. The molecule has 9 heteroatoms. The van der Waals surface area contributed by atoms with Gasteiger partial charge in [-0.2, -0.15) is 5.10 Å². The number of hydrogen-bond acceptors (Lipinski definition) is 8. The van der Waals surface area contributed by atoms with Crippen molar-refractivity contribution in [3.8, 4) is 5.75 Å². The molecule has 1 atom stereocenters. The maximum atomic E-state index is 13.2. The zero-order valence-corrected chi connectivity index (χ0v) is 21.7. The van der Waals surface area contributed by atoms with Gasteiger partial charge in [0.05, 0.1) is 18.9 Å². The number of benzene rings is 1. The Kier molecular flexibility index (Phi) is 8.17. The summed E-state index contributed by atoms with van der Waals surface area (Å²) in [5.41, 5.74) is 1.12. The first-order valence-electron chi connectivity index (χ1n) is 11.8. The summed E-state index contributed by atoms with van der Waals surface area (Å²) in [6.45, 7) is 12.6. The number of amides is 1. The molecule has 34 heavy (non-hydrogen) atoms. The summed E-state index contributed by atoms with van der Waals surface area (Å²) in [4.78, 5) is 32.9. The first kappa shape index (κ1) is 25.9. The lowest BCUT2D eigenvalue weighted by Crippen LogP contribution is -2.58. The van der Waals surface area contributed by atoms with Gasteiger partial charge in [0.25, 0.3) is 5.91 Å². The molecule has 1 unspecified atom stereocenters. The highest BCUT2D eigenvalue weighted by Gasteiger charge is 2.44. The van der Waals surface area contributed by atoms with Crippen molar-refractivity contribution < 1.29 is 19.1 Å². The van der Waals surface area contributed by atoms with Crippen molar-refractivity contribution in [3.05, 3.63) is 24.3 Å². The van der Waals surface area contributed by atoms with Gasteiger partial charge in [0.15, 0.2) is 5.71 Å². The minimum absolute atomic E-state index is 0.152. The first-order valence-corrected chi connectivity index (χ1v) is 12.6. The highest BCUT2D eigenvalue weighted by Crippen LogP contribution is 2.34. The second-order valence-electron chi connectivity index (χ2n) is 8.89. The van der Waals surface area contributed by atoms with Crippen LogP contribution in [0.3, 0.4) is 0 Å². The van der Waals surface area contributed by atoms with Crippen LogP contribution in [-0.2, 0) is 14.3 Å². The predicted octanol–water partition coefficient (Wildman–Crippen LogP) is 4.52. The zero-order chi connectivity index (χ0) is 24.9. The number of hydrogen-bond donors (Lipinski definition) is 0. The number of fused-ring (bicyclic) bond motifs is 1. The number of carbonyl (C=O) groups excluding carboxylic acids is 2. The molecule has 0 fully saturated rings. The molecule has 0 aliphatic carbocycles. The molecule has 0 saturated heterocycles. The summed E-state index contributed by atoms with van der Waals surface area (Å²) < 4.78 is 10.4. The van der Waals surface area contributed by atoms with Crippen molar-refractivity contribution in [2.75, 3.05) is 19.8 Å². The van der Waals surface area contributed by atoms with Gasteiger partial charge in [-0.1, -0.05) is 20.3 Å². The van der Waals surface area contributed by atoms with Gasteiger partial charge in [-0.3, -0.25) is 14.6 Å². The number of nitrogens with zero attached hydrogens (tertiary/aromatic N) is 4. The highest BCUT2D eigenvalue weighted by molar-refractivity contribution is 8.01. The number of rotatable bonds is 11. The Morgan fingerprint density at radius 3 is 2.44 bits per heavy atom. The van der Waals surface area contributed by atoms with Crippen molar-refractivity contribution in [1.82, 2.24) is 4.90 Å². The molecule has 1 aromatic carbocycles. The Labute approximate surface area is 205 Å². The number of esters is 1. The van der Waals surface area contributed by atoms with E-state index in [1.54, 1.807) is 11.8 Å². The summed E-state index contributed by atoms with van der Waals surface area (Å²) in [5.74, 6) is 0.299. The second kappa shape index (κ2) is 10.7. The van der Waals surface area contributed by atoms with E-state index in [2.05, 4.69) is 17.1 Å². The quantitative estimate of drug-likeness (QED) is 0.339. The highest BCUT2D eigenvalue weighted by atomic mass is 32.2. The van der Waals surface area contributed by atoms with E-state index in [-0.39, 0.29) is 11.9 Å². The molecule has 0 bridgehead atoms. The van der Waals surface area contributed by atoms with Crippen LogP contribution in [0.25, 0.3) is 0 Å². The molecule has 184 valence electrons. The van der Waals surface area contributed by atoms with E-state index in [1.165, 1.54) is 11.8 Å². The van der Waals surface area contributed by atoms with Crippen LogP contribution in [0.2, 0.25) is 0 Å².